The van der Waals surface area contributed by atoms with E-state index in [2.05, 4.69) is 0 Å². The first-order chi connectivity index (χ1) is 9.67. The first kappa shape index (κ1) is 16.5. The largest absolute Gasteiger partial charge is 0.417 e. The zero-order chi connectivity index (χ0) is 15.9. The maximum Gasteiger partial charge on any atom is 0.417 e. The summed E-state index contributed by atoms with van der Waals surface area (Å²) in [6, 6.07) is 0. The Hall–Kier alpha value is -0.860. The molecule has 0 saturated carbocycles. The number of carbonyl (C=O) groups is 1. The van der Waals surface area contributed by atoms with Gasteiger partial charge in [0, 0.05) is 13.0 Å². The van der Waals surface area contributed by atoms with E-state index in [1.165, 1.54) is 4.90 Å². The molecule has 2 rings (SSSR count). The standard InChI is InChI=1S/C13H21F3N2O3/c1-2-3-4-12-8-11(20,13(14,15)16)5-10(19)18(12)7-9(6-17)21-12/h9,20H,2-8,17H2,1H3/t9-,11-,12+/m0/s1. The predicted molar refractivity (Wildman–Crippen MR) is 68.1 cm³/mol. The van der Waals surface area contributed by atoms with Crippen molar-refractivity contribution in [3.05, 3.63) is 0 Å². The molecule has 2 heterocycles. The highest BCUT2D eigenvalue weighted by atomic mass is 19.4. The van der Waals surface area contributed by atoms with E-state index < -0.39 is 42.4 Å². The van der Waals surface area contributed by atoms with E-state index in [0.29, 0.717) is 6.42 Å². The molecule has 0 aromatic heterocycles. The number of fused-ring (bicyclic) bond motifs is 1. The number of piperidine rings is 1. The minimum absolute atomic E-state index is 0.127. The number of halogens is 3. The van der Waals surface area contributed by atoms with Gasteiger partial charge in [-0.1, -0.05) is 13.3 Å². The van der Waals surface area contributed by atoms with Crippen LogP contribution in [-0.4, -0.2) is 52.6 Å². The molecule has 0 bridgehead atoms. The van der Waals surface area contributed by atoms with Crippen LogP contribution in [0.1, 0.15) is 39.0 Å². The van der Waals surface area contributed by atoms with Crippen LogP contribution in [0.15, 0.2) is 0 Å². The molecule has 3 atom stereocenters. The monoisotopic (exact) mass is 310 g/mol. The third-order valence-electron chi connectivity index (χ3n) is 4.29. The summed E-state index contributed by atoms with van der Waals surface area (Å²) in [4.78, 5) is 13.4. The molecule has 2 aliphatic rings. The Balaban J connectivity index is 2.34. The zero-order valence-electron chi connectivity index (χ0n) is 11.9. The summed E-state index contributed by atoms with van der Waals surface area (Å²) in [7, 11) is 0. The van der Waals surface area contributed by atoms with Crippen molar-refractivity contribution >= 4 is 5.91 Å². The maximum atomic E-state index is 13.1. The van der Waals surface area contributed by atoms with Crippen LogP contribution in [-0.2, 0) is 9.53 Å². The third-order valence-corrected chi connectivity index (χ3v) is 4.29. The lowest BCUT2D eigenvalue weighted by Gasteiger charge is -2.47. The van der Waals surface area contributed by atoms with Crippen molar-refractivity contribution in [3.63, 3.8) is 0 Å². The van der Waals surface area contributed by atoms with Gasteiger partial charge in [-0.2, -0.15) is 13.2 Å². The van der Waals surface area contributed by atoms with E-state index >= 15 is 0 Å². The highest BCUT2D eigenvalue weighted by Crippen LogP contribution is 2.49. The molecular weight excluding hydrogens is 289 g/mol. The number of ether oxygens (including phenoxy) is 1. The lowest BCUT2D eigenvalue weighted by Crippen LogP contribution is -2.64. The smallest absolute Gasteiger partial charge is 0.380 e. The SMILES string of the molecule is CCCC[C@@]12C[C@](O)(C(F)(F)F)CC(=O)N1C[C@H](CN)O2. The minimum Gasteiger partial charge on any atom is -0.380 e. The second-order valence-corrected chi connectivity index (χ2v) is 5.91. The fourth-order valence-corrected chi connectivity index (χ4v) is 3.17. The van der Waals surface area contributed by atoms with Crippen molar-refractivity contribution in [2.24, 2.45) is 5.73 Å². The molecule has 1 amide bonds. The number of amides is 1. The van der Waals surface area contributed by atoms with Crippen LogP contribution in [0, 0.1) is 0 Å². The number of nitrogens with zero attached hydrogens (tertiary/aromatic N) is 1. The first-order valence-electron chi connectivity index (χ1n) is 7.15. The fraction of sp³-hybridized carbons (Fsp3) is 0.923. The van der Waals surface area contributed by atoms with E-state index in [-0.39, 0.29) is 19.5 Å². The molecule has 3 N–H and O–H groups in total. The lowest BCUT2D eigenvalue weighted by atomic mass is 9.81. The molecule has 21 heavy (non-hydrogen) atoms. The Labute approximate surface area is 121 Å². The molecule has 0 unspecified atom stereocenters. The predicted octanol–water partition coefficient (Wildman–Crippen LogP) is 1.15. The molecule has 2 fully saturated rings. The zero-order valence-corrected chi connectivity index (χ0v) is 11.9. The van der Waals surface area contributed by atoms with Crippen molar-refractivity contribution in [2.75, 3.05) is 13.1 Å². The molecule has 122 valence electrons. The van der Waals surface area contributed by atoms with Crippen molar-refractivity contribution in [3.8, 4) is 0 Å². The summed E-state index contributed by atoms with van der Waals surface area (Å²) >= 11 is 0. The number of rotatable bonds is 4. The van der Waals surface area contributed by atoms with E-state index in [1.807, 2.05) is 6.92 Å². The number of aliphatic hydroxyl groups is 1. The van der Waals surface area contributed by atoms with Crippen molar-refractivity contribution in [1.82, 2.24) is 4.90 Å². The van der Waals surface area contributed by atoms with Gasteiger partial charge < -0.3 is 20.5 Å². The topological polar surface area (TPSA) is 75.8 Å². The molecule has 0 spiro atoms. The Kier molecular flexibility index (Phi) is 4.25. The molecular formula is C13H21F3N2O3. The van der Waals surface area contributed by atoms with Gasteiger partial charge in [-0.3, -0.25) is 4.79 Å². The second kappa shape index (κ2) is 5.40. The number of nitrogens with two attached hydrogens (primary N) is 1. The van der Waals surface area contributed by atoms with E-state index in [4.69, 9.17) is 10.5 Å². The summed E-state index contributed by atoms with van der Waals surface area (Å²) in [5, 5.41) is 9.97. The normalized spacial score (nSPS) is 37.0. The highest BCUT2D eigenvalue weighted by Gasteiger charge is 2.65. The summed E-state index contributed by atoms with van der Waals surface area (Å²) in [6.07, 6.45) is -5.32. The number of alkyl halides is 3. The Morgan fingerprint density at radius 1 is 1.52 bits per heavy atom. The van der Waals surface area contributed by atoms with Crippen LogP contribution in [0.25, 0.3) is 0 Å². The average Bonchev–Trinajstić information content (AvgIpc) is 2.74. The van der Waals surface area contributed by atoms with Crippen molar-refractivity contribution in [1.29, 1.82) is 0 Å². The molecule has 0 aromatic carbocycles. The van der Waals surface area contributed by atoms with E-state index in [1.54, 1.807) is 0 Å². The van der Waals surface area contributed by atoms with E-state index in [9.17, 15) is 23.1 Å². The molecule has 0 aliphatic carbocycles. The van der Waals surface area contributed by atoms with Gasteiger partial charge in [-0.15, -0.1) is 0 Å². The Morgan fingerprint density at radius 3 is 2.71 bits per heavy atom. The summed E-state index contributed by atoms with van der Waals surface area (Å²) in [6.45, 7) is 2.21. The Bertz CT molecular complexity index is 418. The van der Waals surface area contributed by atoms with Gasteiger partial charge in [-0.25, -0.2) is 0 Å². The molecule has 0 aromatic rings. The van der Waals surface area contributed by atoms with Gasteiger partial charge in [0.1, 0.15) is 5.72 Å². The third kappa shape index (κ3) is 2.76. The van der Waals surface area contributed by atoms with Gasteiger partial charge in [0.25, 0.3) is 0 Å². The number of hydrogen-bond donors (Lipinski definition) is 2. The number of unbranched alkanes of at least 4 members (excludes halogenated alkanes) is 1. The van der Waals surface area contributed by atoms with Crippen molar-refractivity contribution in [2.45, 2.75) is 62.6 Å². The molecule has 0 radical (unpaired) electrons. The fourth-order valence-electron chi connectivity index (χ4n) is 3.17. The van der Waals surface area contributed by atoms with Crippen LogP contribution >= 0.6 is 0 Å². The quantitative estimate of drug-likeness (QED) is 0.816. The first-order valence-corrected chi connectivity index (χ1v) is 7.15. The highest BCUT2D eigenvalue weighted by molar-refractivity contribution is 5.79. The lowest BCUT2D eigenvalue weighted by molar-refractivity contribution is -0.296. The maximum absolute atomic E-state index is 13.1. The summed E-state index contributed by atoms with van der Waals surface area (Å²) in [5.41, 5.74) is 1.11. The van der Waals surface area contributed by atoms with Gasteiger partial charge >= 0.3 is 6.18 Å². The minimum atomic E-state index is -4.86. The molecule has 2 aliphatic heterocycles. The van der Waals surface area contributed by atoms with Crippen LogP contribution in [0.4, 0.5) is 13.2 Å². The van der Waals surface area contributed by atoms with Crippen molar-refractivity contribution < 1.29 is 27.8 Å². The van der Waals surface area contributed by atoms with Crippen LogP contribution in [0.5, 0.6) is 0 Å². The van der Waals surface area contributed by atoms with Crippen LogP contribution in [0.2, 0.25) is 0 Å². The van der Waals surface area contributed by atoms with Gasteiger partial charge in [0.2, 0.25) is 5.91 Å². The number of carbonyl (C=O) groups excluding carboxylic acids is 1. The molecule has 8 heteroatoms. The summed E-state index contributed by atoms with van der Waals surface area (Å²) in [5.74, 6) is -0.729. The Morgan fingerprint density at radius 2 is 2.19 bits per heavy atom. The average molecular weight is 310 g/mol. The number of hydrogen-bond acceptors (Lipinski definition) is 4. The summed E-state index contributed by atoms with van der Waals surface area (Å²) < 4.78 is 45.1. The van der Waals surface area contributed by atoms with Gasteiger partial charge in [0.15, 0.2) is 5.60 Å². The van der Waals surface area contributed by atoms with Crippen LogP contribution < -0.4 is 5.73 Å². The van der Waals surface area contributed by atoms with Gasteiger partial charge in [-0.05, 0) is 12.8 Å². The second-order valence-electron chi connectivity index (χ2n) is 5.91. The molecule has 2 saturated heterocycles. The molecule has 5 nitrogen and oxygen atoms in total. The van der Waals surface area contributed by atoms with Gasteiger partial charge in [0.05, 0.1) is 19.1 Å². The van der Waals surface area contributed by atoms with Crippen LogP contribution in [0.3, 0.4) is 0 Å². The van der Waals surface area contributed by atoms with E-state index in [0.717, 1.165) is 6.42 Å².